The maximum absolute atomic E-state index is 12.1. The third-order valence-corrected chi connectivity index (χ3v) is 3.29. The van der Waals surface area contributed by atoms with E-state index >= 15 is 0 Å². The molecule has 0 saturated heterocycles. The fourth-order valence-corrected chi connectivity index (χ4v) is 2.33. The lowest BCUT2D eigenvalue weighted by Crippen LogP contribution is -2.10. The Kier molecular flexibility index (Phi) is 2.84. The molecule has 0 spiro atoms. The normalized spacial score (nSPS) is 10.8. The molecule has 4 heteroatoms. The Labute approximate surface area is 114 Å². The van der Waals surface area contributed by atoms with Crippen molar-refractivity contribution >= 4 is 22.5 Å². The zero-order valence-corrected chi connectivity index (χ0v) is 11.0. The maximum atomic E-state index is 12.1. The van der Waals surface area contributed by atoms with E-state index in [1.54, 1.807) is 18.2 Å². The van der Waals surface area contributed by atoms with Crippen molar-refractivity contribution in [2.75, 3.05) is 0 Å². The van der Waals surface area contributed by atoms with Crippen molar-refractivity contribution < 1.29 is 0 Å². The molecule has 0 aliphatic heterocycles. The van der Waals surface area contributed by atoms with Gasteiger partial charge in [-0.25, -0.2) is 4.98 Å². The predicted octanol–water partition coefficient (Wildman–Crippen LogP) is 3.55. The Bertz CT molecular complexity index is 824. The van der Waals surface area contributed by atoms with E-state index in [1.165, 1.54) is 0 Å². The third kappa shape index (κ3) is 2.13. The summed E-state index contributed by atoms with van der Waals surface area (Å²) >= 11 is 6.03. The molecule has 0 atom stereocenters. The van der Waals surface area contributed by atoms with E-state index in [2.05, 4.69) is 9.97 Å². The maximum Gasteiger partial charge on any atom is 0.260 e. The van der Waals surface area contributed by atoms with Gasteiger partial charge in [0.1, 0.15) is 5.82 Å². The van der Waals surface area contributed by atoms with Crippen LogP contribution in [-0.2, 0) is 0 Å². The number of halogens is 1. The second-order valence-electron chi connectivity index (χ2n) is 4.42. The van der Waals surface area contributed by atoms with E-state index in [0.717, 1.165) is 11.1 Å². The molecule has 19 heavy (non-hydrogen) atoms. The number of rotatable bonds is 1. The zero-order chi connectivity index (χ0) is 13.4. The standard InChI is InChI=1S/C15H11ClN2O/c1-9-4-2-5-10(8-9)14-17-12-7-3-6-11(16)13(12)15(19)18-14/h2-8H,1H3,(H,17,18,19). The summed E-state index contributed by atoms with van der Waals surface area (Å²) in [5.74, 6) is 0.559. The van der Waals surface area contributed by atoms with Gasteiger partial charge < -0.3 is 4.98 Å². The Morgan fingerprint density at radius 2 is 1.95 bits per heavy atom. The Morgan fingerprint density at radius 1 is 1.16 bits per heavy atom. The van der Waals surface area contributed by atoms with Crippen molar-refractivity contribution in [3.05, 3.63) is 63.4 Å². The van der Waals surface area contributed by atoms with Crippen LogP contribution in [0, 0.1) is 6.92 Å². The lowest BCUT2D eigenvalue weighted by atomic mass is 10.1. The number of hydrogen-bond acceptors (Lipinski definition) is 2. The fourth-order valence-electron chi connectivity index (χ4n) is 2.08. The minimum absolute atomic E-state index is 0.216. The molecule has 94 valence electrons. The molecule has 0 aliphatic rings. The quantitative estimate of drug-likeness (QED) is 0.735. The lowest BCUT2D eigenvalue weighted by Gasteiger charge is -2.04. The first-order valence-electron chi connectivity index (χ1n) is 5.91. The number of aromatic amines is 1. The first-order chi connectivity index (χ1) is 9.15. The molecule has 0 bridgehead atoms. The summed E-state index contributed by atoms with van der Waals surface area (Å²) in [6.45, 7) is 2.00. The van der Waals surface area contributed by atoms with Crippen molar-refractivity contribution in [2.24, 2.45) is 0 Å². The Hall–Kier alpha value is -2.13. The second-order valence-corrected chi connectivity index (χ2v) is 4.83. The minimum Gasteiger partial charge on any atom is -0.306 e. The van der Waals surface area contributed by atoms with E-state index < -0.39 is 0 Å². The summed E-state index contributed by atoms with van der Waals surface area (Å²) in [5.41, 5.74) is 2.39. The molecule has 0 radical (unpaired) electrons. The highest BCUT2D eigenvalue weighted by Crippen LogP contribution is 2.21. The largest absolute Gasteiger partial charge is 0.306 e. The summed E-state index contributed by atoms with van der Waals surface area (Å²) < 4.78 is 0. The Morgan fingerprint density at radius 3 is 2.74 bits per heavy atom. The molecule has 0 saturated carbocycles. The van der Waals surface area contributed by atoms with Crippen LogP contribution < -0.4 is 5.56 Å². The zero-order valence-electron chi connectivity index (χ0n) is 10.3. The van der Waals surface area contributed by atoms with Crippen LogP contribution in [0.4, 0.5) is 0 Å². The van der Waals surface area contributed by atoms with Gasteiger partial charge in [-0.2, -0.15) is 0 Å². The van der Waals surface area contributed by atoms with Gasteiger partial charge in [-0.3, -0.25) is 4.79 Å². The molecule has 0 aliphatic carbocycles. The average molecular weight is 271 g/mol. The summed E-state index contributed by atoms with van der Waals surface area (Å²) in [7, 11) is 0. The molecular weight excluding hydrogens is 260 g/mol. The first-order valence-corrected chi connectivity index (χ1v) is 6.28. The topological polar surface area (TPSA) is 45.8 Å². The van der Waals surface area contributed by atoms with E-state index in [-0.39, 0.29) is 5.56 Å². The molecule has 2 aromatic carbocycles. The van der Waals surface area contributed by atoms with Gasteiger partial charge in [-0.05, 0) is 25.1 Å². The number of benzene rings is 2. The molecular formula is C15H11ClN2O. The molecule has 1 heterocycles. The SMILES string of the molecule is Cc1cccc(-c2nc3cccc(Cl)c3c(=O)[nH]2)c1. The van der Waals surface area contributed by atoms with Gasteiger partial charge in [-0.1, -0.05) is 41.4 Å². The van der Waals surface area contributed by atoms with Crippen molar-refractivity contribution in [1.29, 1.82) is 0 Å². The van der Waals surface area contributed by atoms with Crippen molar-refractivity contribution in [2.45, 2.75) is 6.92 Å². The molecule has 3 rings (SSSR count). The molecule has 3 aromatic rings. The van der Waals surface area contributed by atoms with Gasteiger partial charge in [-0.15, -0.1) is 0 Å². The monoisotopic (exact) mass is 270 g/mol. The molecule has 0 amide bonds. The summed E-state index contributed by atoms with van der Waals surface area (Å²) in [6.07, 6.45) is 0. The summed E-state index contributed by atoms with van der Waals surface area (Å²) in [4.78, 5) is 19.4. The van der Waals surface area contributed by atoms with E-state index in [4.69, 9.17) is 11.6 Å². The number of H-pyrrole nitrogens is 1. The van der Waals surface area contributed by atoms with Crippen LogP contribution in [0.3, 0.4) is 0 Å². The molecule has 0 unspecified atom stereocenters. The Balaban J connectivity index is 2.30. The average Bonchev–Trinajstić information content (AvgIpc) is 2.38. The van der Waals surface area contributed by atoms with Gasteiger partial charge in [0, 0.05) is 5.56 Å². The van der Waals surface area contributed by atoms with Crippen LogP contribution in [-0.4, -0.2) is 9.97 Å². The molecule has 1 N–H and O–H groups in total. The van der Waals surface area contributed by atoms with Crippen LogP contribution in [0.15, 0.2) is 47.3 Å². The molecule has 3 nitrogen and oxygen atoms in total. The highest BCUT2D eigenvalue weighted by atomic mass is 35.5. The van der Waals surface area contributed by atoms with Crippen LogP contribution >= 0.6 is 11.6 Å². The van der Waals surface area contributed by atoms with E-state index in [9.17, 15) is 4.79 Å². The lowest BCUT2D eigenvalue weighted by molar-refractivity contribution is 1.18. The number of nitrogens with one attached hydrogen (secondary N) is 1. The highest BCUT2D eigenvalue weighted by Gasteiger charge is 2.08. The smallest absolute Gasteiger partial charge is 0.260 e. The van der Waals surface area contributed by atoms with E-state index in [1.807, 2.05) is 31.2 Å². The minimum atomic E-state index is -0.216. The molecule has 0 fully saturated rings. The van der Waals surface area contributed by atoms with Crippen LogP contribution in [0.5, 0.6) is 0 Å². The number of aromatic nitrogens is 2. The van der Waals surface area contributed by atoms with Gasteiger partial charge in [0.05, 0.1) is 15.9 Å². The third-order valence-electron chi connectivity index (χ3n) is 2.97. The van der Waals surface area contributed by atoms with Gasteiger partial charge in [0.15, 0.2) is 0 Å². The number of hydrogen-bond donors (Lipinski definition) is 1. The van der Waals surface area contributed by atoms with Gasteiger partial charge in [0.2, 0.25) is 0 Å². The van der Waals surface area contributed by atoms with Crippen LogP contribution in [0.1, 0.15) is 5.56 Å². The highest BCUT2D eigenvalue weighted by molar-refractivity contribution is 6.35. The number of aryl methyl sites for hydroxylation is 1. The van der Waals surface area contributed by atoms with E-state index in [0.29, 0.717) is 21.7 Å². The molecule has 1 aromatic heterocycles. The van der Waals surface area contributed by atoms with Crippen molar-refractivity contribution in [1.82, 2.24) is 9.97 Å². The van der Waals surface area contributed by atoms with Gasteiger partial charge >= 0.3 is 0 Å². The second kappa shape index (κ2) is 4.52. The summed E-state index contributed by atoms with van der Waals surface area (Å²) in [6, 6.07) is 13.1. The van der Waals surface area contributed by atoms with Crippen molar-refractivity contribution in [3.63, 3.8) is 0 Å². The van der Waals surface area contributed by atoms with Crippen LogP contribution in [0.25, 0.3) is 22.3 Å². The first kappa shape index (κ1) is 11.9. The predicted molar refractivity (Wildman–Crippen MR) is 77.5 cm³/mol. The fraction of sp³-hybridized carbons (Fsp3) is 0.0667. The van der Waals surface area contributed by atoms with Crippen molar-refractivity contribution in [3.8, 4) is 11.4 Å². The number of nitrogens with zero attached hydrogens (tertiary/aromatic N) is 1. The van der Waals surface area contributed by atoms with Crippen LogP contribution in [0.2, 0.25) is 5.02 Å². The van der Waals surface area contributed by atoms with Gasteiger partial charge in [0.25, 0.3) is 5.56 Å². The summed E-state index contributed by atoms with van der Waals surface area (Å²) in [5, 5.41) is 0.850. The number of fused-ring (bicyclic) bond motifs is 1.